The summed E-state index contributed by atoms with van der Waals surface area (Å²) in [5.74, 6) is -1.84. The maximum absolute atomic E-state index is 13.3. The fourth-order valence-electron chi connectivity index (χ4n) is 2.18. The van der Waals surface area contributed by atoms with Gasteiger partial charge in [0.05, 0.1) is 0 Å². The Bertz CT molecular complexity index is 414. The Balaban J connectivity index is 1.95. The highest BCUT2D eigenvalue weighted by Gasteiger charge is 2.19. The maximum Gasteiger partial charge on any atom is 0.162 e. The zero-order chi connectivity index (χ0) is 12.3. The lowest BCUT2D eigenvalue weighted by molar-refractivity contribution is -0.118. The minimum Gasteiger partial charge on any atom is -0.314 e. The van der Waals surface area contributed by atoms with Crippen LogP contribution < -0.4 is 5.32 Å². The molecular weight excluding hydrogens is 224 g/mol. The van der Waals surface area contributed by atoms with E-state index in [-0.39, 0.29) is 23.8 Å². The molecule has 2 nitrogen and oxygen atoms in total. The molecule has 92 valence electrons. The number of halogens is 2. The molecule has 1 aromatic rings. The smallest absolute Gasteiger partial charge is 0.162 e. The highest BCUT2D eigenvalue weighted by molar-refractivity contribution is 5.81. The van der Waals surface area contributed by atoms with Crippen molar-refractivity contribution in [3.63, 3.8) is 0 Å². The minimum atomic E-state index is -0.903. The van der Waals surface area contributed by atoms with Gasteiger partial charge in [0.25, 0.3) is 0 Å². The standard InChI is InChI=1S/C13H15F2NO/c14-12-5-1-3-9(13(12)15)7-11(17)8-10-4-2-6-16-10/h1,3,5,10,16H,2,4,6-8H2. The molecule has 1 heterocycles. The van der Waals surface area contributed by atoms with Crippen molar-refractivity contribution >= 4 is 5.78 Å². The Kier molecular flexibility index (Phi) is 3.84. The molecule has 2 rings (SSSR count). The van der Waals surface area contributed by atoms with Crippen molar-refractivity contribution < 1.29 is 13.6 Å². The zero-order valence-corrected chi connectivity index (χ0v) is 9.51. The van der Waals surface area contributed by atoms with Crippen molar-refractivity contribution in [3.05, 3.63) is 35.4 Å². The monoisotopic (exact) mass is 239 g/mol. The molecule has 0 aliphatic carbocycles. The van der Waals surface area contributed by atoms with E-state index in [0.29, 0.717) is 6.42 Å². The van der Waals surface area contributed by atoms with Crippen molar-refractivity contribution in [1.82, 2.24) is 5.32 Å². The molecular formula is C13H15F2NO. The topological polar surface area (TPSA) is 29.1 Å². The van der Waals surface area contributed by atoms with Gasteiger partial charge in [0.1, 0.15) is 5.78 Å². The number of carbonyl (C=O) groups is 1. The molecule has 0 spiro atoms. The van der Waals surface area contributed by atoms with E-state index < -0.39 is 11.6 Å². The molecule has 1 saturated heterocycles. The predicted octanol–water partition coefficient (Wildman–Crippen LogP) is 2.22. The van der Waals surface area contributed by atoms with Crippen LogP contribution in [0.2, 0.25) is 0 Å². The van der Waals surface area contributed by atoms with Crippen LogP contribution in [0, 0.1) is 11.6 Å². The number of Topliss-reactive ketones (excluding diaryl/α,β-unsaturated/α-hetero) is 1. The van der Waals surface area contributed by atoms with Crippen LogP contribution in [-0.2, 0) is 11.2 Å². The molecule has 0 radical (unpaired) electrons. The van der Waals surface area contributed by atoms with Gasteiger partial charge in [0.2, 0.25) is 0 Å². The lowest BCUT2D eigenvalue weighted by Crippen LogP contribution is -2.25. The number of nitrogens with one attached hydrogen (secondary N) is 1. The number of ketones is 1. The molecule has 1 N–H and O–H groups in total. The van der Waals surface area contributed by atoms with Crippen LogP contribution in [0.3, 0.4) is 0 Å². The first-order valence-corrected chi connectivity index (χ1v) is 5.85. The number of hydrogen-bond acceptors (Lipinski definition) is 2. The van der Waals surface area contributed by atoms with Gasteiger partial charge in [-0.1, -0.05) is 12.1 Å². The summed E-state index contributed by atoms with van der Waals surface area (Å²) >= 11 is 0. The van der Waals surface area contributed by atoms with E-state index in [4.69, 9.17) is 0 Å². The largest absolute Gasteiger partial charge is 0.314 e. The van der Waals surface area contributed by atoms with Gasteiger partial charge in [-0.25, -0.2) is 8.78 Å². The third-order valence-electron chi connectivity index (χ3n) is 3.06. The fourth-order valence-corrected chi connectivity index (χ4v) is 2.18. The molecule has 1 unspecified atom stereocenters. The number of rotatable bonds is 4. The number of benzene rings is 1. The van der Waals surface area contributed by atoms with Gasteiger partial charge in [0, 0.05) is 18.9 Å². The summed E-state index contributed by atoms with van der Waals surface area (Å²) in [6.45, 7) is 0.937. The minimum absolute atomic E-state index is 0.0260. The van der Waals surface area contributed by atoms with E-state index in [1.54, 1.807) is 0 Å². The van der Waals surface area contributed by atoms with E-state index in [0.717, 1.165) is 25.5 Å². The predicted molar refractivity (Wildman–Crippen MR) is 60.7 cm³/mol. The van der Waals surface area contributed by atoms with Crippen LogP contribution in [0.1, 0.15) is 24.8 Å². The highest BCUT2D eigenvalue weighted by atomic mass is 19.2. The third-order valence-corrected chi connectivity index (χ3v) is 3.06. The van der Waals surface area contributed by atoms with Crippen LogP contribution in [0.15, 0.2) is 18.2 Å². The number of carbonyl (C=O) groups excluding carboxylic acids is 1. The van der Waals surface area contributed by atoms with Crippen LogP contribution in [0.25, 0.3) is 0 Å². The molecule has 1 fully saturated rings. The van der Waals surface area contributed by atoms with Crippen molar-refractivity contribution in [2.75, 3.05) is 6.54 Å². The first-order valence-electron chi connectivity index (χ1n) is 5.85. The molecule has 17 heavy (non-hydrogen) atoms. The summed E-state index contributed by atoms with van der Waals surface area (Å²) in [5, 5.41) is 3.21. The van der Waals surface area contributed by atoms with Crippen LogP contribution in [0.5, 0.6) is 0 Å². The van der Waals surface area contributed by atoms with E-state index >= 15 is 0 Å². The maximum atomic E-state index is 13.3. The Labute approximate surface area is 99.0 Å². The second kappa shape index (κ2) is 5.36. The number of hydrogen-bond donors (Lipinski definition) is 1. The average molecular weight is 239 g/mol. The van der Waals surface area contributed by atoms with Gasteiger partial charge < -0.3 is 5.32 Å². The van der Waals surface area contributed by atoms with Gasteiger partial charge in [-0.15, -0.1) is 0 Å². The summed E-state index contributed by atoms with van der Waals surface area (Å²) < 4.78 is 26.3. The first kappa shape index (κ1) is 12.2. The van der Waals surface area contributed by atoms with Crippen molar-refractivity contribution in [2.24, 2.45) is 0 Å². The van der Waals surface area contributed by atoms with Gasteiger partial charge >= 0.3 is 0 Å². The molecule has 1 aliphatic heterocycles. The summed E-state index contributed by atoms with van der Waals surface area (Å²) in [6, 6.07) is 4.15. The molecule has 1 aliphatic rings. The van der Waals surface area contributed by atoms with Gasteiger partial charge in [-0.3, -0.25) is 4.79 Å². The summed E-state index contributed by atoms with van der Waals surface area (Å²) in [5.41, 5.74) is 0.146. The average Bonchev–Trinajstić information content (AvgIpc) is 2.77. The lowest BCUT2D eigenvalue weighted by Gasteiger charge is -2.09. The van der Waals surface area contributed by atoms with Crippen molar-refractivity contribution in [1.29, 1.82) is 0 Å². The molecule has 1 atom stereocenters. The first-order chi connectivity index (χ1) is 8.16. The normalized spacial score (nSPS) is 19.5. The fraction of sp³-hybridized carbons (Fsp3) is 0.462. The van der Waals surface area contributed by atoms with Gasteiger partial charge in [-0.2, -0.15) is 0 Å². The Morgan fingerprint density at radius 3 is 2.94 bits per heavy atom. The zero-order valence-electron chi connectivity index (χ0n) is 9.51. The second-order valence-electron chi connectivity index (χ2n) is 4.43. The second-order valence-corrected chi connectivity index (χ2v) is 4.43. The Morgan fingerprint density at radius 2 is 2.24 bits per heavy atom. The molecule has 0 aromatic heterocycles. The SMILES string of the molecule is O=C(Cc1cccc(F)c1F)CC1CCCN1. The summed E-state index contributed by atoms with van der Waals surface area (Å²) in [7, 11) is 0. The Hall–Kier alpha value is -1.29. The quantitative estimate of drug-likeness (QED) is 0.872. The van der Waals surface area contributed by atoms with Gasteiger partial charge in [0.15, 0.2) is 11.6 Å². The molecule has 4 heteroatoms. The van der Waals surface area contributed by atoms with E-state index in [1.165, 1.54) is 12.1 Å². The molecule has 0 bridgehead atoms. The Morgan fingerprint density at radius 1 is 1.41 bits per heavy atom. The summed E-state index contributed by atoms with van der Waals surface area (Å²) in [6.07, 6.45) is 2.43. The summed E-state index contributed by atoms with van der Waals surface area (Å²) in [4.78, 5) is 11.7. The molecule has 0 saturated carbocycles. The van der Waals surface area contributed by atoms with Crippen molar-refractivity contribution in [3.8, 4) is 0 Å². The van der Waals surface area contributed by atoms with E-state index in [9.17, 15) is 13.6 Å². The van der Waals surface area contributed by atoms with E-state index in [2.05, 4.69) is 5.32 Å². The lowest BCUT2D eigenvalue weighted by atomic mass is 10.0. The van der Waals surface area contributed by atoms with E-state index in [1.807, 2.05) is 0 Å². The highest BCUT2D eigenvalue weighted by Crippen LogP contribution is 2.15. The molecule has 0 amide bonds. The van der Waals surface area contributed by atoms with Crippen LogP contribution in [-0.4, -0.2) is 18.4 Å². The van der Waals surface area contributed by atoms with Crippen molar-refractivity contribution in [2.45, 2.75) is 31.7 Å². The molecule has 1 aromatic carbocycles. The van der Waals surface area contributed by atoms with Crippen LogP contribution >= 0.6 is 0 Å². The third kappa shape index (κ3) is 3.09. The van der Waals surface area contributed by atoms with Crippen LogP contribution in [0.4, 0.5) is 8.78 Å². The van der Waals surface area contributed by atoms with Gasteiger partial charge in [-0.05, 0) is 31.0 Å².